The third-order valence-corrected chi connectivity index (χ3v) is 12.5. The van der Waals surface area contributed by atoms with E-state index < -0.39 is 20.2 Å². The molecule has 0 unspecified atom stereocenters. The quantitative estimate of drug-likeness (QED) is 0.0555. The van der Waals surface area contributed by atoms with Gasteiger partial charge in [0.15, 0.2) is 6.54 Å². The minimum absolute atomic E-state index is 0.0595. The summed E-state index contributed by atoms with van der Waals surface area (Å²) in [7, 11) is -7.72. The third kappa shape index (κ3) is 9.10. The van der Waals surface area contributed by atoms with Gasteiger partial charge in [-0.25, -0.2) is 0 Å². The Bertz CT molecular complexity index is 1720. The van der Waals surface area contributed by atoms with E-state index in [1.807, 2.05) is 57.2 Å². The van der Waals surface area contributed by atoms with Gasteiger partial charge in [0.2, 0.25) is 5.52 Å². The van der Waals surface area contributed by atoms with Crippen LogP contribution in [0.15, 0.2) is 46.3 Å². The number of halogens is 2. The molecule has 1 N–H and O–H groups in total. The highest BCUT2D eigenvalue weighted by atomic mass is 35.5. The molecule has 0 aliphatic carbocycles. The van der Waals surface area contributed by atoms with Gasteiger partial charge in [-0.15, -0.1) is 0 Å². The lowest BCUT2D eigenvalue weighted by Gasteiger charge is -2.30. The Balaban J connectivity index is 1.57. The van der Waals surface area contributed by atoms with Crippen molar-refractivity contribution in [1.29, 1.82) is 0 Å². The van der Waals surface area contributed by atoms with E-state index in [1.54, 1.807) is 23.1 Å². The maximum Gasteiger partial charge on any atom is 0.314 e. The summed E-state index contributed by atoms with van der Waals surface area (Å²) in [6, 6.07) is 11.5. The Morgan fingerprint density at radius 2 is 1.59 bits per heavy atom. The number of anilines is 1. The molecule has 0 spiro atoms. The molecule has 1 aliphatic rings. The summed E-state index contributed by atoms with van der Waals surface area (Å²) in [4.78, 5) is 3.17. The van der Waals surface area contributed by atoms with Gasteiger partial charge in [0.05, 0.1) is 28.3 Å². The van der Waals surface area contributed by atoms with Crippen molar-refractivity contribution >= 4 is 88.5 Å². The third-order valence-electron chi connectivity index (χ3n) is 7.69. The summed E-state index contributed by atoms with van der Waals surface area (Å²) < 4.78 is 66.3. The predicted octanol–water partition coefficient (Wildman–Crippen LogP) is 6.99. The van der Waals surface area contributed by atoms with Crippen LogP contribution in [-0.4, -0.2) is 63.7 Å². The topological polar surface area (TPSA) is 105 Å². The van der Waals surface area contributed by atoms with E-state index in [0.717, 1.165) is 30.8 Å². The van der Waals surface area contributed by atoms with Crippen LogP contribution in [0, 0.1) is 0 Å². The Hall–Kier alpha value is -1.42. The maximum atomic E-state index is 12.8. The van der Waals surface area contributed by atoms with E-state index in [-0.39, 0.29) is 16.2 Å². The minimum Gasteiger partial charge on any atom is -0.335 e. The Kier molecular flexibility index (Phi) is 12.1. The Morgan fingerprint density at radius 3 is 2.27 bits per heavy atom. The molecule has 1 aromatic heterocycles. The van der Waals surface area contributed by atoms with Gasteiger partial charge in [-0.1, -0.05) is 50.6 Å². The number of hydroxylamine groups is 3. The second-order valence-corrected chi connectivity index (χ2v) is 16.8. The average Bonchev–Trinajstić information content (AvgIpc) is 3.48. The van der Waals surface area contributed by atoms with E-state index in [0.29, 0.717) is 68.5 Å². The molecule has 0 fully saturated rings. The van der Waals surface area contributed by atoms with Crippen molar-refractivity contribution in [3.8, 4) is 0 Å². The van der Waals surface area contributed by atoms with E-state index in [1.165, 1.54) is 0 Å². The molecule has 9 nitrogen and oxygen atoms in total. The number of thioether (sulfide) groups is 1. The van der Waals surface area contributed by atoms with Gasteiger partial charge in [-0.2, -0.15) is 26.0 Å². The van der Waals surface area contributed by atoms with Crippen LogP contribution in [0.1, 0.15) is 51.5 Å². The van der Waals surface area contributed by atoms with Crippen LogP contribution in [0.3, 0.4) is 0 Å². The van der Waals surface area contributed by atoms with E-state index in [9.17, 15) is 16.8 Å². The number of thiazole rings is 1. The molecule has 242 valence electrons. The lowest BCUT2D eigenvalue weighted by Crippen LogP contribution is -2.49. The van der Waals surface area contributed by atoms with Gasteiger partial charge in [0, 0.05) is 34.0 Å². The Morgan fingerprint density at radius 1 is 0.932 bits per heavy atom. The number of fused-ring (bicyclic) bond motifs is 2. The van der Waals surface area contributed by atoms with Crippen molar-refractivity contribution in [2.24, 2.45) is 0 Å². The van der Waals surface area contributed by atoms with Crippen LogP contribution in [0.25, 0.3) is 16.3 Å². The number of hydrogen-bond acceptors (Lipinski definition) is 8. The zero-order valence-corrected chi connectivity index (χ0v) is 29.8. The first-order valence-electron chi connectivity index (χ1n) is 14.6. The van der Waals surface area contributed by atoms with Crippen LogP contribution in [0.4, 0.5) is 5.69 Å². The molecule has 2 heterocycles. The fourth-order valence-corrected chi connectivity index (χ4v) is 9.76. The second-order valence-electron chi connectivity index (χ2n) is 10.6. The monoisotopic (exact) mass is 723 g/mol. The standard InChI is InChI=1S/C29H38Cl2N3O6S4/c1-4-34(5-2,6-3)40-44(38,39)18-10-8-16-33-25-20-23(31)12-14-27(25)42-29(33)21-28-32(15-7-9-17-43(35,36)37)24-19-22(30)11-13-26(24)41-28/h11-14,19-21H,4-10,15-18H2,1-3H3/q+1/p+1. The van der Waals surface area contributed by atoms with Gasteiger partial charge < -0.3 is 4.90 Å². The lowest BCUT2D eigenvalue weighted by atomic mass is 10.2. The van der Waals surface area contributed by atoms with Crippen molar-refractivity contribution < 1.29 is 34.9 Å². The van der Waals surface area contributed by atoms with E-state index >= 15 is 0 Å². The number of nitrogens with zero attached hydrogens (tertiary/aromatic N) is 3. The number of aryl methyl sites for hydroxylation is 1. The van der Waals surface area contributed by atoms with Crippen LogP contribution in [0.2, 0.25) is 10.0 Å². The fraction of sp³-hybridized carbons (Fsp3) is 0.483. The molecule has 0 amide bonds. The number of quaternary nitrogens is 1. The first kappa shape index (κ1) is 35.4. The largest absolute Gasteiger partial charge is 0.335 e. The number of unbranched alkanes of at least 4 members (excludes halogenated alkanes) is 2. The summed E-state index contributed by atoms with van der Waals surface area (Å²) in [6.07, 6.45) is 4.05. The van der Waals surface area contributed by atoms with Crippen LogP contribution >= 0.6 is 46.3 Å². The SMILES string of the molecule is CC[N+](CC)(CC)OS(=O)(=O)CCCC[n+]1c(C=C2Sc3ccc(Cl)cc3N2CCCCS(=O)(=O)O)sc2ccc(Cl)cc21. The van der Waals surface area contributed by atoms with Gasteiger partial charge >= 0.3 is 10.1 Å². The van der Waals surface area contributed by atoms with Crippen molar-refractivity contribution in [3.63, 3.8) is 0 Å². The summed E-state index contributed by atoms with van der Waals surface area (Å²) >= 11 is 16.0. The summed E-state index contributed by atoms with van der Waals surface area (Å²) in [5, 5.41) is 3.16. The molecule has 0 saturated heterocycles. The highest BCUT2D eigenvalue weighted by Gasteiger charge is 2.32. The summed E-state index contributed by atoms with van der Waals surface area (Å²) in [5.74, 6) is -0.349. The van der Waals surface area contributed by atoms with Crippen molar-refractivity contribution in [1.82, 2.24) is 0 Å². The fourth-order valence-electron chi connectivity index (χ4n) is 5.14. The number of benzene rings is 2. The number of rotatable bonds is 16. The van der Waals surface area contributed by atoms with E-state index in [2.05, 4.69) is 15.5 Å². The molecular weight excluding hydrogens is 686 g/mol. The van der Waals surface area contributed by atoms with Gasteiger partial charge in [-0.3, -0.25) is 4.55 Å². The van der Waals surface area contributed by atoms with Gasteiger partial charge in [0.25, 0.3) is 15.1 Å². The van der Waals surface area contributed by atoms with Crippen molar-refractivity contribution in [2.75, 3.05) is 42.6 Å². The normalized spacial score (nSPS) is 15.0. The van der Waals surface area contributed by atoms with E-state index in [4.69, 9.17) is 32.0 Å². The van der Waals surface area contributed by atoms with Crippen LogP contribution < -0.4 is 9.47 Å². The van der Waals surface area contributed by atoms with Crippen LogP contribution in [0.5, 0.6) is 0 Å². The molecular formula is C29H39Cl2N3O6S4+2. The molecule has 0 atom stereocenters. The highest BCUT2D eigenvalue weighted by Crippen LogP contribution is 2.48. The molecule has 0 saturated carbocycles. The minimum atomic E-state index is -4.03. The molecule has 0 radical (unpaired) electrons. The smallest absolute Gasteiger partial charge is 0.314 e. The van der Waals surface area contributed by atoms with Gasteiger partial charge in [-0.05, 0) is 70.4 Å². The molecule has 3 aromatic rings. The second kappa shape index (κ2) is 15.0. The zero-order chi connectivity index (χ0) is 32.1. The molecule has 0 bridgehead atoms. The van der Waals surface area contributed by atoms with Crippen molar-refractivity contribution in [3.05, 3.63) is 56.5 Å². The molecule has 44 heavy (non-hydrogen) atoms. The molecule has 4 rings (SSSR count). The predicted molar refractivity (Wildman–Crippen MR) is 181 cm³/mol. The molecule has 15 heteroatoms. The lowest BCUT2D eigenvalue weighted by molar-refractivity contribution is -1.08. The van der Waals surface area contributed by atoms with Gasteiger partial charge in [0.1, 0.15) is 24.3 Å². The Labute approximate surface area is 278 Å². The average molecular weight is 725 g/mol. The summed E-state index contributed by atoms with van der Waals surface area (Å²) in [5.41, 5.74) is 1.91. The first-order chi connectivity index (χ1) is 20.8. The maximum absolute atomic E-state index is 12.8. The highest BCUT2D eigenvalue weighted by molar-refractivity contribution is 8.04. The number of aromatic nitrogens is 1. The first-order valence-corrected chi connectivity index (χ1v) is 20.2. The molecule has 1 aliphatic heterocycles. The number of hydrogen-bond donors (Lipinski definition) is 1. The summed E-state index contributed by atoms with van der Waals surface area (Å²) in [6.45, 7) is 8.65. The molecule has 2 aromatic carbocycles. The van der Waals surface area contributed by atoms with Crippen LogP contribution in [-0.2, 0) is 31.1 Å². The van der Waals surface area contributed by atoms with Crippen molar-refractivity contribution in [2.45, 2.75) is 57.9 Å². The zero-order valence-electron chi connectivity index (χ0n) is 25.0.